The van der Waals surface area contributed by atoms with Gasteiger partial charge in [-0.15, -0.1) is 0 Å². The van der Waals surface area contributed by atoms with Crippen LogP contribution >= 0.6 is 0 Å². The van der Waals surface area contributed by atoms with Gasteiger partial charge in [0.25, 0.3) is 5.91 Å². The molecule has 1 aliphatic rings. The zero-order chi connectivity index (χ0) is 27.0. The summed E-state index contributed by atoms with van der Waals surface area (Å²) in [6, 6.07) is 12.7. The number of halogens is 4. The number of nitrogens with one attached hydrogen (secondary N) is 2. The number of alkyl halides is 3. The van der Waals surface area contributed by atoms with Crippen LogP contribution in [0, 0.1) is 5.82 Å². The van der Waals surface area contributed by atoms with E-state index in [0.29, 0.717) is 35.7 Å². The number of hydrogen-bond donors (Lipinski definition) is 2. The molecule has 0 radical (unpaired) electrons. The second-order valence-electron chi connectivity index (χ2n) is 8.89. The van der Waals surface area contributed by atoms with E-state index in [2.05, 4.69) is 20.7 Å². The van der Waals surface area contributed by atoms with Crippen LogP contribution in [0.3, 0.4) is 0 Å². The number of anilines is 1. The lowest BCUT2D eigenvalue weighted by molar-refractivity contribution is -0.137. The smallest absolute Gasteiger partial charge is 0.349 e. The maximum atomic E-state index is 15.0. The highest BCUT2D eigenvalue weighted by Crippen LogP contribution is 2.38. The summed E-state index contributed by atoms with van der Waals surface area (Å²) in [5, 5.41) is 9.46. The number of benzene rings is 2. The van der Waals surface area contributed by atoms with E-state index in [1.165, 1.54) is 24.0 Å². The third kappa shape index (κ3) is 4.99. The van der Waals surface area contributed by atoms with E-state index in [4.69, 9.17) is 0 Å². The fourth-order valence-corrected chi connectivity index (χ4v) is 4.40. The number of carbonyl (C=O) groups is 2. The highest BCUT2D eigenvalue weighted by atomic mass is 19.4. The summed E-state index contributed by atoms with van der Waals surface area (Å²) < 4.78 is 57.4. The first kappa shape index (κ1) is 25.1. The molecule has 3 heterocycles. The molecule has 1 unspecified atom stereocenters. The van der Waals surface area contributed by atoms with Crippen molar-refractivity contribution >= 4 is 17.5 Å². The Hall–Kier alpha value is -4.54. The lowest BCUT2D eigenvalue weighted by Crippen LogP contribution is -2.20. The third-order valence-corrected chi connectivity index (χ3v) is 6.25. The largest absolute Gasteiger partial charge is 0.417 e. The van der Waals surface area contributed by atoms with Crippen LogP contribution in [0.25, 0.3) is 22.5 Å². The third-order valence-electron chi connectivity index (χ3n) is 6.25. The predicted molar refractivity (Wildman–Crippen MR) is 131 cm³/mol. The number of rotatable bonds is 5. The minimum absolute atomic E-state index is 0.0560. The molecule has 5 rings (SSSR count). The summed E-state index contributed by atoms with van der Waals surface area (Å²) in [6.45, 7) is 0. The Morgan fingerprint density at radius 1 is 1.13 bits per heavy atom. The van der Waals surface area contributed by atoms with E-state index < -0.39 is 34.6 Å². The van der Waals surface area contributed by atoms with Crippen LogP contribution in [0.4, 0.5) is 23.2 Å². The molecule has 194 valence electrons. The van der Waals surface area contributed by atoms with Crippen LogP contribution < -0.4 is 10.6 Å². The zero-order valence-electron chi connectivity index (χ0n) is 20.0. The van der Waals surface area contributed by atoms with Crippen molar-refractivity contribution in [3.63, 3.8) is 0 Å². The molecule has 2 aromatic heterocycles. The summed E-state index contributed by atoms with van der Waals surface area (Å²) in [5.41, 5.74) is -0.413. The molecule has 7 nitrogen and oxygen atoms in total. The van der Waals surface area contributed by atoms with Crippen LogP contribution in [0.5, 0.6) is 0 Å². The van der Waals surface area contributed by atoms with Crippen LogP contribution in [-0.2, 0) is 18.0 Å². The number of carbonyl (C=O) groups excluding carboxylic acids is 2. The molecule has 38 heavy (non-hydrogen) atoms. The zero-order valence-corrected chi connectivity index (χ0v) is 20.0. The van der Waals surface area contributed by atoms with Gasteiger partial charge in [0.1, 0.15) is 5.82 Å². The molecule has 2 aromatic carbocycles. The van der Waals surface area contributed by atoms with Crippen molar-refractivity contribution in [2.24, 2.45) is 7.05 Å². The van der Waals surface area contributed by atoms with Crippen molar-refractivity contribution in [3.05, 3.63) is 89.5 Å². The van der Waals surface area contributed by atoms with E-state index >= 15 is 0 Å². The summed E-state index contributed by atoms with van der Waals surface area (Å²) in [7, 11) is 1.53. The Morgan fingerprint density at radius 2 is 1.89 bits per heavy atom. The summed E-state index contributed by atoms with van der Waals surface area (Å²) in [5.74, 6) is -2.40. The minimum Gasteiger partial charge on any atom is -0.349 e. The average Bonchev–Trinajstić information content (AvgIpc) is 3.52. The Morgan fingerprint density at radius 3 is 2.53 bits per heavy atom. The number of aryl methyl sites for hydroxylation is 1. The number of pyridine rings is 1. The topological polar surface area (TPSA) is 88.9 Å². The van der Waals surface area contributed by atoms with Gasteiger partial charge in [-0.25, -0.2) is 4.39 Å². The van der Waals surface area contributed by atoms with Crippen molar-refractivity contribution in [2.45, 2.75) is 25.1 Å². The van der Waals surface area contributed by atoms with Crippen molar-refractivity contribution in [2.75, 3.05) is 5.32 Å². The molecule has 0 spiro atoms. The molecule has 1 fully saturated rings. The van der Waals surface area contributed by atoms with Crippen molar-refractivity contribution in [3.8, 4) is 22.5 Å². The van der Waals surface area contributed by atoms with Gasteiger partial charge in [0.2, 0.25) is 5.91 Å². The molecular weight excluding hydrogens is 502 g/mol. The first-order valence-corrected chi connectivity index (χ1v) is 11.7. The van der Waals surface area contributed by atoms with E-state index in [-0.39, 0.29) is 23.3 Å². The molecule has 0 saturated carbocycles. The standard InChI is InChI=1S/C27H21F4N5O2/c1-36-10-9-22(35-36)17-12-18(20(28)13-19(17)27(29,30)31)26(38)34-23-11-16(21-7-8-24(37)33-21)14-32-25(23)15-5-3-2-4-6-15/h2-6,9-14,21H,7-8H2,1H3,(H,33,37)(H,34,38). The van der Waals surface area contributed by atoms with Crippen LogP contribution in [0.1, 0.15) is 40.4 Å². The van der Waals surface area contributed by atoms with Crippen molar-refractivity contribution in [1.82, 2.24) is 20.1 Å². The lowest BCUT2D eigenvalue weighted by atomic mass is 9.99. The maximum absolute atomic E-state index is 15.0. The quantitative estimate of drug-likeness (QED) is 0.338. The highest BCUT2D eigenvalue weighted by molar-refractivity contribution is 6.07. The monoisotopic (exact) mass is 523 g/mol. The first-order chi connectivity index (χ1) is 18.1. The van der Waals surface area contributed by atoms with Gasteiger partial charge in [0.05, 0.1) is 34.2 Å². The molecule has 4 aromatic rings. The average molecular weight is 523 g/mol. The highest BCUT2D eigenvalue weighted by Gasteiger charge is 2.36. The van der Waals surface area contributed by atoms with Gasteiger partial charge in [0.15, 0.2) is 0 Å². The van der Waals surface area contributed by atoms with E-state index in [1.807, 2.05) is 0 Å². The maximum Gasteiger partial charge on any atom is 0.417 e. The molecule has 1 atom stereocenters. The van der Waals surface area contributed by atoms with Gasteiger partial charge in [0, 0.05) is 37.0 Å². The molecule has 1 aliphatic heterocycles. The Balaban J connectivity index is 1.57. The van der Waals surface area contributed by atoms with Crippen LogP contribution in [-0.4, -0.2) is 26.6 Å². The van der Waals surface area contributed by atoms with E-state index in [1.54, 1.807) is 42.6 Å². The van der Waals surface area contributed by atoms with Gasteiger partial charge in [-0.05, 0) is 36.2 Å². The fraction of sp³-hybridized carbons (Fsp3) is 0.185. The first-order valence-electron chi connectivity index (χ1n) is 11.7. The Bertz CT molecular complexity index is 1530. The van der Waals surface area contributed by atoms with Crippen LogP contribution in [0.2, 0.25) is 0 Å². The van der Waals surface area contributed by atoms with E-state index in [9.17, 15) is 27.2 Å². The summed E-state index contributed by atoms with van der Waals surface area (Å²) in [4.78, 5) is 29.5. The number of nitrogens with zero attached hydrogens (tertiary/aromatic N) is 3. The summed E-state index contributed by atoms with van der Waals surface area (Å²) >= 11 is 0. The minimum atomic E-state index is -4.87. The van der Waals surface area contributed by atoms with E-state index in [0.717, 1.165) is 6.07 Å². The SMILES string of the molecule is Cn1ccc(-c2cc(C(=O)Nc3cc(C4CCC(=O)N4)cnc3-c3ccccc3)c(F)cc2C(F)(F)F)n1. The number of hydrogen-bond acceptors (Lipinski definition) is 4. The normalized spacial score (nSPS) is 15.4. The van der Waals surface area contributed by atoms with Gasteiger partial charge < -0.3 is 10.6 Å². The second kappa shape index (κ2) is 9.73. The van der Waals surface area contributed by atoms with Gasteiger partial charge >= 0.3 is 6.18 Å². The molecule has 2 amide bonds. The second-order valence-corrected chi connectivity index (χ2v) is 8.89. The molecule has 2 N–H and O–H groups in total. The molecule has 11 heteroatoms. The van der Waals surface area contributed by atoms with Gasteiger partial charge in [-0.3, -0.25) is 19.3 Å². The number of aromatic nitrogens is 3. The Kier molecular flexibility index (Phi) is 6.43. The molecule has 0 aliphatic carbocycles. The molecular formula is C27H21F4N5O2. The van der Waals surface area contributed by atoms with Crippen molar-refractivity contribution in [1.29, 1.82) is 0 Å². The molecule has 1 saturated heterocycles. The number of amides is 2. The Labute approximate surface area is 214 Å². The summed E-state index contributed by atoms with van der Waals surface area (Å²) in [6.07, 6.45) is -0.942. The van der Waals surface area contributed by atoms with Crippen molar-refractivity contribution < 1.29 is 27.2 Å². The van der Waals surface area contributed by atoms with Gasteiger partial charge in [-0.2, -0.15) is 18.3 Å². The lowest BCUT2D eigenvalue weighted by Gasteiger charge is -2.17. The fourth-order valence-electron chi connectivity index (χ4n) is 4.40. The molecule has 0 bridgehead atoms. The predicted octanol–water partition coefficient (Wildman–Crippen LogP) is 5.51. The van der Waals surface area contributed by atoms with Gasteiger partial charge in [-0.1, -0.05) is 30.3 Å². The van der Waals surface area contributed by atoms with Crippen LogP contribution in [0.15, 0.2) is 67.0 Å².